The van der Waals surface area contributed by atoms with Crippen molar-refractivity contribution in [2.24, 2.45) is 0 Å². The molecule has 0 saturated heterocycles. The Kier molecular flexibility index (Phi) is 5.95. The summed E-state index contributed by atoms with van der Waals surface area (Å²) in [6.07, 6.45) is 0. The van der Waals surface area contributed by atoms with Gasteiger partial charge in [-0.05, 0) is 37.3 Å². The molecule has 0 aliphatic carbocycles. The first-order valence-electron chi connectivity index (χ1n) is 8.56. The second-order valence-corrected chi connectivity index (χ2v) is 6.04. The molecule has 0 fully saturated rings. The third-order valence-electron chi connectivity index (χ3n) is 4.04. The van der Waals surface area contributed by atoms with Gasteiger partial charge in [0.1, 0.15) is 5.82 Å². The number of benzene rings is 1. The van der Waals surface area contributed by atoms with Gasteiger partial charge in [-0.3, -0.25) is 9.59 Å². The highest BCUT2D eigenvalue weighted by molar-refractivity contribution is 6.07. The molecule has 9 heteroatoms. The highest BCUT2D eigenvalue weighted by atomic mass is 19.1. The van der Waals surface area contributed by atoms with Crippen LogP contribution in [0.1, 0.15) is 16.1 Å². The summed E-state index contributed by atoms with van der Waals surface area (Å²) in [4.78, 5) is 28.9. The van der Waals surface area contributed by atoms with Gasteiger partial charge in [-0.15, -0.1) is 0 Å². The van der Waals surface area contributed by atoms with E-state index < -0.39 is 5.91 Å². The van der Waals surface area contributed by atoms with Crippen LogP contribution < -0.4 is 10.6 Å². The zero-order chi connectivity index (χ0) is 20.1. The Balaban J connectivity index is 1.86. The molecular weight excluding hydrogens is 367 g/mol. The number of fused-ring (bicyclic) bond motifs is 1. The second kappa shape index (κ2) is 8.57. The van der Waals surface area contributed by atoms with Crippen molar-refractivity contribution in [3.63, 3.8) is 0 Å². The number of ether oxygens (including phenoxy) is 1. The van der Waals surface area contributed by atoms with Crippen LogP contribution in [-0.2, 0) is 9.53 Å². The lowest BCUT2D eigenvalue weighted by Gasteiger charge is -2.09. The Morgan fingerprint density at radius 2 is 1.96 bits per heavy atom. The maximum atomic E-state index is 13.2. The maximum Gasteiger partial charge on any atom is 0.259 e. The van der Waals surface area contributed by atoms with E-state index in [1.165, 1.54) is 19.2 Å². The van der Waals surface area contributed by atoms with E-state index in [0.717, 1.165) is 0 Å². The number of carbonyl (C=O) groups excluding carboxylic acids is 2. The molecule has 146 valence electrons. The number of rotatable bonds is 7. The molecule has 0 saturated carbocycles. The van der Waals surface area contributed by atoms with Crippen molar-refractivity contribution in [2.45, 2.75) is 6.92 Å². The molecule has 2 heterocycles. The smallest absolute Gasteiger partial charge is 0.259 e. The second-order valence-electron chi connectivity index (χ2n) is 6.04. The summed E-state index contributed by atoms with van der Waals surface area (Å²) in [7, 11) is 1.53. The average Bonchev–Trinajstić information content (AvgIpc) is 3.07. The van der Waals surface area contributed by atoms with Gasteiger partial charge in [-0.1, -0.05) is 5.16 Å². The summed E-state index contributed by atoms with van der Waals surface area (Å²) < 4.78 is 23.3. The fourth-order valence-electron chi connectivity index (χ4n) is 2.65. The van der Waals surface area contributed by atoms with Crippen LogP contribution in [0.15, 0.2) is 34.9 Å². The minimum Gasteiger partial charge on any atom is -0.383 e. The number of pyridine rings is 1. The topological polar surface area (TPSA) is 106 Å². The molecule has 28 heavy (non-hydrogen) atoms. The average molecular weight is 386 g/mol. The van der Waals surface area contributed by atoms with Crippen molar-refractivity contribution in [1.82, 2.24) is 20.8 Å². The molecule has 8 nitrogen and oxygen atoms in total. The fourth-order valence-corrected chi connectivity index (χ4v) is 2.65. The van der Waals surface area contributed by atoms with Gasteiger partial charge in [-0.25, -0.2) is 9.37 Å². The molecule has 0 radical (unpaired) electrons. The van der Waals surface area contributed by atoms with Crippen LogP contribution in [0.3, 0.4) is 0 Å². The van der Waals surface area contributed by atoms with Crippen molar-refractivity contribution in [3.05, 3.63) is 47.4 Å². The normalized spacial score (nSPS) is 10.8. The molecule has 2 aromatic heterocycles. The Morgan fingerprint density at radius 3 is 2.68 bits per heavy atom. The van der Waals surface area contributed by atoms with Crippen LogP contribution >= 0.6 is 0 Å². The summed E-state index contributed by atoms with van der Waals surface area (Å²) in [6, 6.07) is 7.28. The quantitative estimate of drug-likeness (QED) is 0.600. The predicted octanol–water partition coefficient (Wildman–Crippen LogP) is 1.83. The summed E-state index contributed by atoms with van der Waals surface area (Å²) in [5, 5.41) is 9.52. The van der Waals surface area contributed by atoms with Crippen molar-refractivity contribution in [3.8, 4) is 11.3 Å². The molecule has 1 aromatic carbocycles. The number of halogens is 1. The molecule has 0 unspecified atom stereocenters. The first-order chi connectivity index (χ1) is 13.5. The molecule has 0 aliphatic heterocycles. The fraction of sp³-hybridized carbons (Fsp3) is 0.263. The van der Waals surface area contributed by atoms with E-state index in [0.29, 0.717) is 35.5 Å². The molecule has 3 aromatic rings. The van der Waals surface area contributed by atoms with E-state index in [9.17, 15) is 14.0 Å². The number of nitrogens with one attached hydrogen (secondary N) is 2. The Hall–Kier alpha value is -3.33. The lowest BCUT2D eigenvalue weighted by Crippen LogP contribution is -2.38. The Morgan fingerprint density at radius 1 is 1.21 bits per heavy atom. The Bertz CT molecular complexity index is 1000. The molecule has 2 amide bonds. The van der Waals surface area contributed by atoms with Crippen molar-refractivity contribution in [2.75, 3.05) is 26.8 Å². The van der Waals surface area contributed by atoms with E-state index >= 15 is 0 Å². The number of hydrogen-bond donors (Lipinski definition) is 2. The zero-order valence-corrected chi connectivity index (χ0v) is 15.4. The SMILES string of the molecule is COCCNC(=O)CNC(=O)c1cc(-c2ccc(F)cc2)nc2onc(C)c12. The largest absolute Gasteiger partial charge is 0.383 e. The van der Waals surface area contributed by atoms with E-state index in [2.05, 4.69) is 20.8 Å². The zero-order valence-electron chi connectivity index (χ0n) is 15.4. The molecule has 0 aliphatic rings. The predicted molar refractivity (Wildman–Crippen MR) is 99.2 cm³/mol. The standard InChI is InChI=1S/C19H19FN4O4/c1-11-17-14(18(26)22-10-16(25)21-7-8-27-2)9-15(23-19(17)28-24-11)12-3-5-13(20)6-4-12/h3-6,9H,7-8,10H2,1-2H3,(H,21,25)(H,22,26). The molecule has 2 N–H and O–H groups in total. The highest BCUT2D eigenvalue weighted by Gasteiger charge is 2.19. The number of aryl methyl sites for hydroxylation is 1. The minimum atomic E-state index is -0.469. The van der Waals surface area contributed by atoms with Crippen molar-refractivity contribution < 1.29 is 23.2 Å². The van der Waals surface area contributed by atoms with Crippen LogP contribution in [0, 0.1) is 12.7 Å². The molecule has 0 spiro atoms. The lowest BCUT2D eigenvalue weighted by atomic mass is 10.1. The number of aromatic nitrogens is 2. The van der Waals surface area contributed by atoms with Gasteiger partial charge in [0.15, 0.2) is 0 Å². The number of hydrogen-bond acceptors (Lipinski definition) is 6. The van der Waals surface area contributed by atoms with Gasteiger partial charge >= 0.3 is 0 Å². The van der Waals surface area contributed by atoms with Gasteiger partial charge in [0, 0.05) is 19.2 Å². The highest BCUT2D eigenvalue weighted by Crippen LogP contribution is 2.27. The van der Waals surface area contributed by atoms with Gasteiger partial charge in [0.05, 0.1) is 35.5 Å². The summed E-state index contributed by atoms with van der Waals surface area (Å²) in [6.45, 7) is 2.23. The third-order valence-corrected chi connectivity index (χ3v) is 4.04. The first kappa shape index (κ1) is 19.4. The van der Waals surface area contributed by atoms with Crippen LogP contribution in [0.4, 0.5) is 4.39 Å². The first-order valence-corrected chi connectivity index (χ1v) is 8.56. The number of methoxy groups -OCH3 is 1. The Labute approximate surface area is 160 Å². The van der Waals surface area contributed by atoms with Gasteiger partial charge < -0.3 is 19.9 Å². The monoisotopic (exact) mass is 386 g/mol. The third kappa shape index (κ3) is 4.32. The van der Waals surface area contributed by atoms with Crippen LogP contribution in [0.5, 0.6) is 0 Å². The van der Waals surface area contributed by atoms with Crippen LogP contribution in [-0.4, -0.2) is 48.8 Å². The summed E-state index contributed by atoms with van der Waals surface area (Å²) in [5.41, 5.74) is 2.01. The number of carbonyl (C=O) groups is 2. The van der Waals surface area contributed by atoms with E-state index in [1.54, 1.807) is 25.1 Å². The summed E-state index contributed by atoms with van der Waals surface area (Å²) in [5.74, 6) is -1.18. The molecule has 3 rings (SSSR count). The molecule has 0 bridgehead atoms. The number of nitrogens with zero attached hydrogens (tertiary/aromatic N) is 2. The molecular formula is C19H19FN4O4. The van der Waals surface area contributed by atoms with Crippen LogP contribution in [0.2, 0.25) is 0 Å². The lowest BCUT2D eigenvalue weighted by molar-refractivity contribution is -0.120. The van der Waals surface area contributed by atoms with Gasteiger partial charge in [0.2, 0.25) is 5.91 Å². The van der Waals surface area contributed by atoms with Gasteiger partial charge in [0.25, 0.3) is 11.6 Å². The van der Waals surface area contributed by atoms with E-state index in [1.807, 2.05) is 0 Å². The van der Waals surface area contributed by atoms with Crippen LogP contribution in [0.25, 0.3) is 22.4 Å². The van der Waals surface area contributed by atoms with Crippen molar-refractivity contribution in [1.29, 1.82) is 0 Å². The van der Waals surface area contributed by atoms with E-state index in [4.69, 9.17) is 9.26 Å². The molecule has 0 atom stereocenters. The van der Waals surface area contributed by atoms with E-state index in [-0.39, 0.29) is 29.5 Å². The van der Waals surface area contributed by atoms with Gasteiger partial charge in [-0.2, -0.15) is 0 Å². The number of amides is 2. The minimum absolute atomic E-state index is 0.189. The van der Waals surface area contributed by atoms with Crippen molar-refractivity contribution >= 4 is 22.9 Å². The summed E-state index contributed by atoms with van der Waals surface area (Å²) >= 11 is 0. The maximum absolute atomic E-state index is 13.2.